The molecule has 23 heteroatoms. The van der Waals surface area contributed by atoms with Crippen LogP contribution in [-0.4, -0.2) is 101 Å². The third kappa shape index (κ3) is 6.65. The third-order valence-electron chi connectivity index (χ3n) is 6.74. The lowest BCUT2D eigenvalue weighted by Gasteiger charge is -2.26. The summed E-state index contributed by atoms with van der Waals surface area (Å²) in [5.41, 5.74) is 11.4. The summed E-state index contributed by atoms with van der Waals surface area (Å²) in [5, 5.41) is 41.6. The topological polar surface area (TPSA) is 321 Å². The Labute approximate surface area is 246 Å². The first kappa shape index (κ1) is 32.4. The number of carbonyl (C=O) groups is 1. The van der Waals surface area contributed by atoms with Gasteiger partial charge in [0.1, 0.15) is 47.9 Å². The number of phosphoric acid groups is 2. The van der Waals surface area contributed by atoms with Crippen molar-refractivity contribution >= 4 is 38.5 Å². The molecule has 2 fully saturated rings. The van der Waals surface area contributed by atoms with Crippen molar-refractivity contribution in [3.8, 4) is 0 Å². The molecular weight excluding hydrogens is 636 g/mol. The van der Waals surface area contributed by atoms with Crippen molar-refractivity contribution < 1.29 is 71.5 Å². The number of aromatic nitrogens is 5. The number of phosphoric ester groups is 2. The lowest BCUT2D eigenvalue weighted by molar-refractivity contribution is -0.765. The molecule has 2 aliphatic heterocycles. The van der Waals surface area contributed by atoms with Crippen LogP contribution in [-0.2, 0) is 32.0 Å². The van der Waals surface area contributed by atoms with Crippen molar-refractivity contribution in [1.82, 2.24) is 19.5 Å². The monoisotopic (exact) mass is 663 g/mol. The molecule has 0 spiro atoms. The summed E-state index contributed by atoms with van der Waals surface area (Å²) < 4.78 is 51.5. The summed E-state index contributed by atoms with van der Waals surface area (Å²) in [4.78, 5) is 45.5. The van der Waals surface area contributed by atoms with Gasteiger partial charge in [-0.15, -0.1) is 0 Å². The van der Waals surface area contributed by atoms with Gasteiger partial charge in [0.25, 0.3) is 20.0 Å². The summed E-state index contributed by atoms with van der Waals surface area (Å²) in [6.07, 6.45) is -7.05. The molecule has 0 aliphatic carbocycles. The number of aliphatic hydroxyl groups is 4. The minimum absolute atomic E-state index is 0.0446. The van der Waals surface area contributed by atoms with Gasteiger partial charge in [-0.25, -0.2) is 23.8 Å². The van der Waals surface area contributed by atoms with Crippen molar-refractivity contribution in [2.45, 2.75) is 49.1 Å². The zero-order chi connectivity index (χ0) is 32.0. The smallest absolute Gasteiger partial charge is 0.478 e. The first-order valence-corrected chi connectivity index (χ1v) is 15.5. The minimum Gasteiger partial charge on any atom is -0.756 e. The number of imidazole rings is 1. The Morgan fingerprint density at radius 1 is 1.05 bits per heavy atom. The molecule has 0 saturated carbocycles. The van der Waals surface area contributed by atoms with Crippen LogP contribution in [0, 0.1) is 0 Å². The van der Waals surface area contributed by atoms with Crippen molar-refractivity contribution in [1.29, 1.82) is 0 Å². The minimum atomic E-state index is -5.62. The number of primary amides is 1. The fourth-order valence-electron chi connectivity index (χ4n) is 4.57. The second-order valence-electron chi connectivity index (χ2n) is 9.67. The quantitative estimate of drug-likeness (QED) is 0.0768. The first-order valence-electron chi connectivity index (χ1n) is 12.6. The van der Waals surface area contributed by atoms with Gasteiger partial charge in [0.05, 0.1) is 19.5 Å². The number of aliphatic hydroxyl groups excluding tert-OH is 4. The van der Waals surface area contributed by atoms with E-state index in [1.165, 1.54) is 40.0 Å². The molecular formula is C21H27N7O14P2. The predicted octanol–water partition coefficient (Wildman–Crippen LogP) is -3.65. The summed E-state index contributed by atoms with van der Waals surface area (Å²) in [6, 6.07) is 2.82. The fourth-order valence-corrected chi connectivity index (χ4v) is 6.62. The van der Waals surface area contributed by atoms with E-state index in [-0.39, 0.29) is 22.5 Å². The van der Waals surface area contributed by atoms with Gasteiger partial charge in [-0.05, 0) is 6.07 Å². The number of nitrogens with two attached hydrogens (primary N) is 2. The SMILES string of the molecule is NC(=O)c1ccc[n+]([C@@H]2O[C@H](COP(=O)([O-])OP(=O)(O)OC[C@H]3O[C@@H](n4cnc5c(N)ncnc54)C(O)[C@H]3O)[C@H](O)C2O)c1. The van der Waals surface area contributed by atoms with Crippen molar-refractivity contribution in [2.75, 3.05) is 18.9 Å². The number of nitrogen functional groups attached to an aromatic ring is 1. The molecule has 0 aromatic carbocycles. The van der Waals surface area contributed by atoms with E-state index in [9.17, 15) is 44.1 Å². The number of anilines is 1. The second kappa shape index (κ2) is 12.4. The highest BCUT2D eigenvalue weighted by atomic mass is 31.3. The number of fused-ring (bicyclic) bond motifs is 1. The second-order valence-corrected chi connectivity index (χ2v) is 12.7. The van der Waals surface area contributed by atoms with Crippen LogP contribution in [0.25, 0.3) is 11.2 Å². The highest BCUT2D eigenvalue weighted by molar-refractivity contribution is 7.60. The molecule has 3 aromatic rings. The summed E-state index contributed by atoms with van der Waals surface area (Å²) in [5.74, 6) is -0.729. The van der Waals surface area contributed by atoms with Crippen LogP contribution in [0.1, 0.15) is 22.8 Å². The largest absolute Gasteiger partial charge is 0.756 e. The molecule has 0 radical (unpaired) electrons. The Balaban J connectivity index is 1.16. The molecule has 1 amide bonds. The lowest BCUT2D eigenvalue weighted by atomic mass is 10.1. The standard InChI is InChI=1S/C21H27N7O14P2/c22-17-12-19(25-7-24-17)28(8-26-12)21-16(32)14(30)11(41-21)6-39-44(36,37)42-43(34,35)38-5-10-13(29)15(31)20(40-10)27-3-1-2-9(4-27)18(23)33/h1-4,7-8,10-11,13-16,20-21,29-32H,5-6H2,(H5-,22,23,24,25,33,34,35,36,37)/t10-,11-,13+,14+,15?,16?,20-,21-/m1/s1. The Morgan fingerprint density at radius 3 is 2.45 bits per heavy atom. The van der Waals surface area contributed by atoms with Crippen molar-refractivity contribution in [3.63, 3.8) is 0 Å². The van der Waals surface area contributed by atoms with E-state index in [1.807, 2.05) is 0 Å². The molecule has 5 rings (SSSR count). The molecule has 0 bridgehead atoms. The molecule has 4 unspecified atom stereocenters. The maximum Gasteiger partial charge on any atom is 0.478 e. The average molecular weight is 663 g/mol. The van der Waals surface area contributed by atoms with Crippen molar-refractivity contribution in [2.24, 2.45) is 5.73 Å². The van der Waals surface area contributed by atoms with Gasteiger partial charge in [0.15, 0.2) is 36.2 Å². The summed E-state index contributed by atoms with van der Waals surface area (Å²) >= 11 is 0. The number of rotatable bonds is 11. The van der Waals surface area contributed by atoms with Gasteiger partial charge in [-0.1, -0.05) is 0 Å². The Bertz CT molecular complexity index is 1630. The normalized spacial score (nSPS) is 31.6. The van der Waals surface area contributed by atoms with E-state index in [1.54, 1.807) is 0 Å². The van der Waals surface area contributed by atoms with Crippen molar-refractivity contribution in [3.05, 3.63) is 42.7 Å². The Morgan fingerprint density at radius 2 is 1.73 bits per heavy atom. The molecule has 5 heterocycles. The number of pyridine rings is 1. The number of carbonyl (C=O) groups excluding carboxylic acids is 1. The number of nitrogens with zero attached hydrogens (tertiary/aromatic N) is 5. The van der Waals surface area contributed by atoms with Gasteiger partial charge >= 0.3 is 7.82 Å². The maximum atomic E-state index is 12.4. The van der Waals surface area contributed by atoms with E-state index < -0.39 is 83.8 Å². The number of hydrogen-bond donors (Lipinski definition) is 7. The zero-order valence-electron chi connectivity index (χ0n) is 22.2. The zero-order valence-corrected chi connectivity index (χ0v) is 24.0. The van der Waals surface area contributed by atoms with Crippen LogP contribution in [0.4, 0.5) is 5.82 Å². The van der Waals surface area contributed by atoms with Gasteiger partial charge in [0, 0.05) is 6.07 Å². The van der Waals surface area contributed by atoms with Crippen LogP contribution in [0.2, 0.25) is 0 Å². The lowest BCUT2D eigenvalue weighted by Crippen LogP contribution is -2.46. The molecule has 3 aromatic heterocycles. The van der Waals surface area contributed by atoms with E-state index in [0.29, 0.717) is 0 Å². The van der Waals surface area contributed by atoms with Gasteiger partial charge < -0.3 is 55.7 Å². The average Bonchev–Trinajstić information content (AvgIpc) is 3.61. The van der Waals surface area contributed by atoms with Crippen LogP contribution >= 0.6 is 15.6 Å². The molecule has 21 nitrogen and oxygen atoms in total. The van der Waals surface area contributed by atoms with Crippen LogP contribution in [0.15, 0.2) is 37.2 Å². The third-order valence-corrected chi connectivity index (χ3v) is 9.30. The molecule has 10 atom stereocenters. The number of hydrogen-bond acceptors (Lipinski definition) is 17. The highest BCUT2D eigenvalue weighted by Gasteiger charge is 2.49. The Hall–Kier alpha value is -3.01. The maximum absolute atomic E-state index is 12.4. The van der Waals surface area contributed by atoms with Gasteiger partial charge in [-0.3, -0.25) is 18.5 Å². The molecule has 2 saturated heterocycles. The van der Waals surface area contributed by atoms with Crippen LogP contribution < -0.4 is 20.9 Å². The van der Waals surface area contributed by atoms with Crippen LogP contribution in [0.3, 0.4) is 0 Å². The molecule has 2 aliphatic rings. The van der Waals surface area contributed by atoms with Crippen LogP contribution in [0.5, 0.6) is 0 Å². The Kier molecular flexibility index (Phi) is 9.13. The van der Waals surface area contributed by atoms with Gasteiger partial charge in [0.2, 0.25) is 0 Å². The highest BCUT2D eigenvalue weighted by Crippen LogP contribution is 2.58. The molecule has 9 N–H and O–H groups in total. The van der Waals surface area contributed by atoms with E-state index in [2.05, 4.69) is 28.3 Å². The number of amides is 1. The molecule has 240 valence electrons. The van der Waals surface area contributed by atoms with Gasteiger partial charge in [-0.2, -0.15) is 4.57 Å². The molecule has 44 heavy (non-hydrogen) atoms. The summed E-state index contributed by atoms with van der Waals surface area (Å²) in [6.45, 7) is -1.89. The predicted molar refractivity (Wildman–Crippen MR) is 137 cm³/mol. The summed E-state index contributed by atoms with van der Waals surface area (Å²) in [7, 11) is -11.0. The first-order chi connectivity index (χ1) is 20.7. The number of ether oxygens (including phenoxy) is 2. The fraction of sp³-hybridized carbons (Fsp3) is 0.476. The van der Waals surface area contributed by atoms with E-state index >= 15 is 0 Å². The van der Waals surface area contributed by atoms with E-state index in [4.69, 9.17) is 20.9 Å². The van der Waals surface area contributed by atoms with E-state index in [0.717, 1.165) is 6.33 Å².